The number of rotatable bonds is 13. The molecule has 0 spiro atoms. The molecule has 0 unspecified atom stereocenters. The predicted octanol–water partition coefficient (Wildman–Crippen LogP) is -0.387. The summed E-state index contributed by atoms with van der Waals surface area (Å²) < 4.78 is 10.5. The quantitative estimate of drug-likeness (QED) is 0.216. The molecule has 0 aromatic heterocycles. The molecule has 2 aliphatic rings. The van der Waals surface area contributed by atoms with E-state index in [1.165, 1.54) is 0 Å². The van der Waals surface area contributed by atoms with Crippen molar-refractivity contribution in [2.45, 2.75) is 36.6 Å². The maximum Gasteiger partial charge on any atom is 0.315 e. The molecule has 0 aliphatic carbocycles. The first-order valence-corrected chi connectivity index (χ1v) is 10.3. The summed E-state index contributed by atoms with van der Waals surface area (Å²) in [7, 11) is 0. The third kappa shape index (κ3) is 7.56. The smallest absolute Gasteiger partial charge is 0.315 e. The van der Waals surface area contributed by atoms with Gasteiger partial charge in [0.05, 0.1) is 38.5 Å². The zero-order valence-electron chi connectivity index (χ0n) is 15.1. The van der Waals surface area contributed by atoms with Crippen molar-refractivity contribution >= 4 is 23.8 Å². The summed E-state index contributed by atoms with van der Waals surface area (Å²) in [5.74, 6) is 0.982. The van der Waals surface area contributed by atoms with Gasteiger partial charge in [0, 0.05) is 30.6 Å². The molecule has 2 rings (SSSR count). The van der Waals surface area contributed by atoms with E-state index in [-0.39, 0.29) is 24.1 Å². The van der Waals surface area contributed by atoms with Gasteiger partial charge < -0.3 is 36.5 Å². The van der Waals surface area contributed by atoms with E-state index in [1.807, 2.05) is 11.8 Å². The number of urea groups is 2. The topological polar surface area (TPSA) is 127 Å². The second-order valence-corrected chi connectivity index (χ2v) is 7.59. The summed E-state index contributed by atoms with van der Waals surface area (Å²) >= 11 is 1.92. The summed E-state index contributed by atoms with van der Waals surface area (Å²) in [6.07, 6.45) is 3.01. The highest BCUT2D eigenvalue weighted by Gasteiger charge is 2.42. The van der Waals surface area contributed by atoms with Gasteiger partial charge in [-0.25, -0.2) is 9.59 Å². The average Bonchev–Trinajstić information content (AvgIpc) is 3.16. The van der Waals surface area contributed by atoms with Gasteiger partial charge in [-0.3, -0.25) is 0 Å². The lowest BCUT2D eigenvalue weighted by atomic mass is 10.0. The van der Waals surface area contributed by atoms with Crippen molar-refractivity contribution in [1.82, 2.24) is 21.3 Å². The Morgan fingerprint density at radius 1 is 1.12 bits per heavy atom. The molecule has 2 heterocycles. The fourth-order valence-corrected chi connectivity index (χ4v) is 4.56. The average molecular weight is 390 g/mol. The van der Waals surface area contributed by atoms with Crippen LogP contribution in [0.5, 0.6) is 0 Å². The summed E-state index contributed by atoms with van der Waals surface area (Å²) in [5.41, 5.74) is 5.30. The second-order valence-electron chi connectivity index (χ2n) is 6.31. The van der Waals surface area contributed by atoms with Crippen molar-refractivity contribution in [2.75, 3.05) is 51.8 Å². The molecule has 2 fully saturated rings. The van der Waals surface area contributed by atoms with Gasteiger partial charge in [-0.1, -0.05) is 6.42 Å². The number of carbonyl (C=O) groups is 2. The van der Waals surface area contributed by atoms with Crippen molar-refractivity contribution in [3.05, 3.63) is 0 Å². The van der Waals surface area contributed by atoms with Gasteiger partial charge in [0.15, 0.2) is 0 Å². The molecule has 9 nitrogen and oxygen atoms in total. The Kier molecular flexibility index (Phi) is 9.90. The normalized spacial score (nSPS) is 24.0. The van der Waals surface area contributed by atoms with E-state index in [1.54, 1.807) is 0 Å². The fraction of sp³-hybridized carbons (Fsp3) is 0.875. The number of fused-ring (bicyclic) bond motifs is 1. The van der Waals surface area contributed by atoms with E-state index in [0.717, 1.165) is 25.0 Å². The highest BCUT2D eigenvalue weighted by molar-refractivity contribution is 8.00. The van der Waals surface area contributed by atoms with Crippen molar-refractivity contribution in [3.63, 3.8) is 0 Å². The van der Waals surface area contributed by atoms with Crippen LogP contribution in [0, 0.1) is 0 Å². The predicted molar refractivity (Wildman–Crippen MR) is 101 cm³/mol. The number of hydrogen-bond acceptors (Lipinski definition) is 6. The molecule has 0 aromatic carbocycles. The zero-order chi connectivity index (χ0) is 18.6. The third-order valence-electron chi connectivity index (χ3n) is 4.31. The van der Waals surface area contributed by atoms with Crippen LogP contribution in [-0.4, -0.2) is 81.2 Å². The number of hydrogen-bond donors (Lipinski definition) is 5. The van der Waals surface area contributed by atoms with Crippen molar-refractivity contribution in [3.8, 4) is 0 Å². The van der Waals surface area contributed by atoms with Gasteiger partial charge >= 0.3 is 12.1 Å². The van der Waals surface area contributed by atoms with Crippen LogP contribution < -0.4 is 27.0 Å². The molecular weight excluding hydrogens is 358 g/mol. The lowest BCUT2D eigenvalue weighted by Crippen LogP contribution is -2.38. The van der Waals surface area contributed by atoms with Gasteiger partial charge in [0.2, 0.25) is 0 Å². The lowest BCUT2D eigenvalue weighted by Gasteiger charge is -2.16. The van der Waals surface area contributed by atoms with Gasteiger partial charge in [0.25, 0.3) is 0 Å². The summed E-state index contributed by atoms with van der Waals surface area (Å²) in [5, 5.41) is 12.0. The highest BCUT2D eigenvalue weighted by atomic mass is 32.2. The first-order chi connectivity index (χ1) is 12.7. The summed E-state index contributed by atoms with van der Waals surface area (Å²) in [4.78, 5) is 23.0. The van der Waals surface area contributed by atoms with E-state index in [2.05, 4.69) is 21.3 Å². The zero-order valence-corrected chi connectivity index (χ0v) is 15.9. The standard InChI is InChI=1S/C16H31N5O4S/c17-4-7-24-9-10-25-8-6-19-15(22)18-5-2-1-3-13-14-12(11-26-13)20-16(23)21-14/h12-14H,1-11,17H2,(H2,18,19,22)(H2,20,21,23)/t12-,13-,14-/m0/s1. The molecule has 2 aliphatic heterocycles. The maximum absolute atomic E-state index is 11.6. The van der Waals surface area contributed by atoms with Crippen LogP contribution in [0.2, 0.25) is 0 Å². The SMILES string of the molecule is NCCOCCOCCNC(=O)NCCCC[C@@H]1SC[C@@H]2NC(=O)N[C@@H]21. The van der Waals surface area contributed by atoms with E-state index in [0.29, 0.717) is 51.3 Å². The minimum Gasteiger partial charge on any atom is -0.378 e. The van der Waals surface area contributed by atoms with Crippen molar-refractivity contribution in [1.29, 1.82) is 0 Å². The van der Waals surface area contributed by atoms with Crippen LogP contribution in [0.15, 0.2) is 0 Å². The Balaban J connectivity index is 1.38. The first-order valence-electron chi connectivity index (χ1n) is 9.26. The van der Waals surface area contributed by atoms with Gasteiger partial charge in [-0.05, 0) is 12.8 Å². The molecule has 2 saturated heterocycles. The number of nitrogens with two attached hydrogens (primary N) is 1. The highest BCUT2D eigenvalue weighted by Crippen LogP contribution is 2.32. The monoisotopic (exact) mass is 389 g/mol. The van der Waals surface area contributed by atoms with Gasteiger partial charge in [0.1, 0.15) is 0 Å². The Hall–Kier alpha value is -1.23. The second kappa shape index (κ2) is 12.2. The fourth-order valence-electron chi connectivity index (χ4n) is 3.02. The summed E-state index contributed by atoms with van der Waals surface area (Å²) in [6.45, 7) is 3.64. The number of amides is 4. The molecule has 0 radical (unpaired) electrons. The van der Waals surface area contributed by atoms with Crippen LogP contribution in [0.1, 0.15) is 19.3 Å². The largest absolute Gasteiger partial charge is 0.378 e. The molecule has 10 heteroatoms. The van der Waals surface area contributed by atoms with Crippen LogP contribution >= 0.6 is 11.8 Å². The molecule has 4 amide bonds. The van der Waals surface area contributed by atoms with Gasteiger partial charge in [-0.15, -0.1) is 0 Å². The Morgan fingerprint density at radius 3 is 2.69 bits per heavy atom. The molecule has 0 saturated carbocycles. The van der Waals surface area contributed by atoms with Crippen molar-refractivity contribution < 1.29 is 19.1 Å². The molecule has 3 atom stereocenters. The van der Waals surface area contributed by atoms with E-state index in [9.17, 15) is 9.59 Å². The van der Waals surface area contributed by atoms with Crippen LogP contribution in [0.3, 0.4) is 0 Å². The molecule has 6 N–H and O–H groups in total. The van der Waals surface area contributed by atoms with E-state index >= 15 is 0 Å². The molecule has 0 aromatic rings. The minimum absolute atomic E-state index is 0.0456. The van der Waals surface area contributed by atoms with E-state index in [4.69, 9.17) is 15.2 Å². The first kappa shape index (κ1) is 21.1. The third-order valence-corrected chi connectivity index (χ3v) is 5.81. The van der Waals surface area contributed by atoms with Crippen LogP contribution in [0.25, 0.3) is 0 Å². The van der Waals surface area contributed by atoms with E-state index < -0.39 is 0 Å². The van der Waals surface area contributed by atoms with Crippen LogP contribution in [0.4, 0.5) is 9.59 Å². The molecule has 150 valence electrons. The number of ether oxygens (including phenoxy) is 2. The maximum atomic E-state index is 11.6. The van der Waals surface area contributed by atoms with Crippen LogP contribution in [-0.2, 0) is 9.47 Å². The molecule has 26 heavy (non-hydrogen) atoms. The van der Waals surface area contributed by atoms with Gasteiger partial charge in [-0.2, -0.15) is 11.8 Å². The number of carbonyl (C=O) groups excluding carboxylic acids is 2. The number of nitrogens with one attached hydrogen (secondary N) is 4. The Morgan fingerprint density at radius 2 is 1.88 bits per heavy atom. The molecular formula is C16H31N5O4S. The Labute approximate surface area is 158 Å². The number of thioether (sulfide) groups is 1. The number of unbranched alkanes of at least 4 members (excludes halogenated alkanes) is 1. The van der Waals surface area contributed by atoms with Crippen molar-refractivity contribution in [2.24, 2.45) is 5.73 Å². The minimum atomic E-state index is -0.171. The summed E-state index contributed by atoms with van der Waals surface area (Å²) in [6, 6.07) is 0.312. The Bertz CT molecular complexity index is 443. The molecule has 0 bridgehead atoms. The lowest BCUT2D eigenvalue weighted by molar-refractivity contribution is 0.0524.